The number of ether oxygens (including phenoxy) is 2. The zero-order chi connectivity index (χ0) is 19.1. The maximum Gasteiger partial charge on any atom is 0.172 e. The molecule has 0 atom stereocenters. The highest BCUT2D eigenvalue weighted by Gasteiger charge is 2.27. The molecule has 2 aliphatic heterocycles. The summed E-state index contributed by atoms with van der Waals surface area (Å²) in [4.78, 5) is 0. The molecule has 0 radical (unpaired) electrons. The zero-order valence-electron chi connectivity index (χ0n) is 15.1. The summed E-state index contributed by atoms with van der Waals surface area (Å²) in [5.74, 6) is 2.63. The van der Waals surface area contributed by atoms with Gasteiger partial charge in [-0.2, -0.15) is 0 Å². The van der Waals surface area contributed by atoms with Crippen LogP contribution in [0, 0.1) is 0 Å². The molecule has 0 bridgehead atoms. The second kappa shape index (κ2) is 6.50. The van der Waals surface area contributed by atoms with E-state index in [0.29, 0.717) is 35.9 Å². The van der Waals surface area contributed by atoms with Crippen LogP contribution < -0.4 is 9.47 Å². The molecule has 0 aliphatic carbocycles. The van der Waals surface area contributed by atoms with Crippen molar-refractivity contribution in [2.75, 3.05) is 0 Å². The van der Waals surface area contributed by atoms with Crippen LogP contribution >= 0.6 is 0 Å². The summed E-state index contributed by atoms with van der Waals surface area (Å²) in [7, 11) is 0. The largest absolute Gasteiger partial charge is 0.508 e. The van der Waals surface area contributed by atoms with Gasteiger partial charge in [0.05, 0.1) is 0 Å². The molecule has 3 aromatic rings. The van der Waals surface area contributed by atoms with E-state index in [1.165, 1.54) is 0 Å². The van der Waals surface area contributed by atoms with Gasteiger partial charge in [0.2, 0.25) is 0 Å². The second-order valence-corrected chi connectivity index (χ2v) is 6.91. The summed E-state index contributed by atoms with van der Waals surface area (Å²) in [5.41, 5.74) is 3.39. The Bertz CT molecular complexity index is 1030. The first kappa shape index (κ1) is 16.5. The molecule has 138 valence electrons. The van der Waals surface area contributed by atoms with Crippen molar-refractivity contribution in [3.05, 3.63) is 107 Å². The van der Waals surface area contributed by atoms with Gasteiger partial charge < -0.3 is 19.7 Å². The van der Waals surface area contributed by atoms with Gasteiger partial charge in [-0.05, 0) is 6.07 Å². The standard InChI is InChI=1S/C24H18O4/c25-19-12-17-11-18-13-20(26)24(16-9-5-2-6-10-16)28-22(18)14-21(17)27-23(19)15-7-3-1-4-8-15/h1-11,14,25-26H,12-13H2. The maximum atomic E-state index is 10.5. The van der Waals surface area contributed by atoms with E-state index >= 15 is 0 Å². The Balaban J connectivity index is 1.50. The summed E-state index contributed by atoms with van der Waals surface area (Å²) >= 11 is 0. The van der Waals surface area contributed by atoms with Gasteiger partial charge in [0.1, 0.15) is 23.0 Å². The Hall–Kier alpha value is -3.66. The second-order valence-electron chi connectivity index (χ2n) is 6.91. The molecule has 4 heteroatoms. The van der Waals surface area contributed by atoms with Gasteiger partial charge in [-0.15, -0.1) is 0 Å². The Morgan fingerprint density at radius 1 is 0.571 bits per heavy atom. The highest BCUT2D eigenvalue weighted by molar-refractivity contribution is 5.71. The van der Waals surface area contributed by atoms with Crippen molar-refractivity contribution in [2.45, 2.75) is 12.8 Å². The third-order valence-corrected chi connectivity index (χ3v) is 4.98. The smallest absolute Gasteiger partial charge is 0.172 e. The highest BCUT2D eigenvalue weighted by atomic mass is 16.5. The number of allylic oxidation sites excluding steroid dienone is 2. The lowest BCUT2D eigenvalue weighted by Crippen LogP contribution is -2.14. The number of benzene rings is 3. The van der Waals surface area contributed by atoms with E-state index in [2.05, 4.69) is 0 Å². The molecule has 28 heavy (non-hydrogen) atoms. The first-order valence-corrected chi connectivity index (χ1v) is 9.15. The van der Waals surface area contributed by atoms with Crippen molar-refractivity contribution in [1.29, 1.82) is 0 Å². The van der Waals surface area contributed by atoms with Crippen molar-refractivity contribution in [3.63, 3.8) is 0 Å². The molecule has 5 rings (SSSR count). The van der Waals surface area contributed by atoms with E-state index in [1.54, 1.807) is 0 Å². The van der Waals surface area contributed by atoms with Crippen LogP contribution in [0.5, 0.6) is 11.5 Å². The number of hydrogen-bond donors (Lipinski definition) is 2. The van der Waals surface area contributed by atoms with Gasteiger partial charge in [0, 0.05) is 41.2 Å². The van der Waals surface area contributed by atoms with Crippen LogP contribution in [0.2, 0.25) is 0 Å². The Labute approximate surface area is 162 Å². The molecular formula is C24H18O4. The predicted octanol–water partition coefficient (Wildman–Crippen LogP) is 5.41. The first-order valence-electron chi connectivity index (χ1n) is 9.15. The molecule has 0 saturated carbocycles. The minimum absolute atomic E-state index is 0.195. The predicted molar refractivity (Wildman–Crippen MR) is 107 cm³/mol. The van der Waals surface area contributed by atoms with Crippen molar-refractivity contribution >= 4 is 11.5 Å². The molecular weight excluding hydrogens is 352 g/mol. The summed E-state index contributed by atoms with van der Waals surface area (Å²) in [6.45, 7) is 0. The fourth-order valence-corrected chi connectivity index (χ4v) is 3.61. The summed E-state index contributed by atoms with van der Waals surface area (Å²) in [5, 5.41) is 21.0. The third-order valence-electron chi connectivity index (χ3n) is 4.98. The van der Waals surface area contributed by atoms with Gasteiger partial charge in [0.15, 0.2) is 11.5 Å². The minimum Gasteiger partial charge on any atom is -0.508 e. The first-order chi connectivity index (χ1) is 13.7. The Kier molecular flexibility index (Phi) is 3.83. The van der Waals surface area contributed by atoms with E-state index in [1.807, 2.05) is 72.8 Å². The highest BCUT2D eigenvalue weighted by Crippen LogP contribution is 2.42. The van der Waals surface area contributed by atoms with Crippen LogP contribution in [-0.2, 0) is 12.8 Å². The van der Waals surface area contributed by atoms with Crippen molar-refractivity contribution in [3.8, 4) is 11.5 Å². The Morgan fingerprint density at radius 2 is 1.00 bits per heavy atom. The van der Waals surface area contributed by atoms with Crippen LogP contribution in [0.15, 0.2) is 84.3 Å². The molecule has 3 aromatic carbocycles. The lowest BCUT2D eigenvalue weighted by molar-refractivity contribution is 0.349. The monoisotopic (exact) mass is 370 g/mol. The quantitative estimate of drug-likeness (QED) is 0.633. The van der Waals surface area contributed by atoms with E-state index in [9.17, 15) is 10.2 Å². The molecule has 0 amide bonds. The van der Waals surface area contributed by atoms with Crippen molar-refractivity contribution in [1.82, 2.24) is 0 Å². The lowest BCUT2D eigenvalue weighted by atomic mass is 9.97. The van der Waals surface area contributed by atoms with Gasteiger partial charge >= 0.3 is 0 Å². The average molecular weight is 370 g/mol. The molecule has 2 heterocycles. The number of aliphatic hydroxyl groups excluding tert-OH is 2. The van der Waals surface area contributed by atoms with Crippen molar-refractivity contribution in [2.24, 2.45) is 0 Å². The van der Waals surface area contributed by atoms with Gasteiger partial charge in [0.25, 0.3) is 0 Å². The number of rotatable bonds is 2. The Morgan fingerprint density at radius 3 is 1.43 bits per heavy atom. The molecule has 0 saturated heterocycles. The fraction of sp³-hybridized carbons (Fsp3) is 0.0833. The summed E-state index contributed by atoms with van der Waals surface area (Å²) in [6, 6.07) is 22.9. The van der Waals surface area contributed by atoms with Crippen LogP contribution in [0.1, 0.15) is 22.3 Å². The van der Waals surface area contributed by atoms with Gasteiger partial charge in [-0.1, -0.05) is 60.7 Å². The SMILES string of the molecule is OC1=C(c2ccccc2)Oc2cc3c(cc2C1)CC(O)=C(c1ccccc1)O3. The number of hydrogen-bond acceptors (Lipinski definition) is 4. The van der Waals surface area contributed by atoms with Crippen LogP contribution in [0.4, 0.5) is 0 Å². The van der Waals surface area contributed by atoms with E-state index in [0.717, 1.165) is 22.3 Å². The van der Waals surface area contributed by atoms with Gasteiger partial charge in [-0.3, -0.25) is 0 Å². The molecule has 0 aromatic heterocycles. The topological polar surface area (TPSA) is 58.9 Å². The molecule has 0 spiro atoms. The molecule has 2 N–H and O–H groups in total. The maximum absolute atomic E-state index is 10.5. The van der Waals surface area contributed by atoms with Crippen LogP contribution in [0.3, 0.4) is 0 Å². The lowest BCUT2D eigenvalue weighted by Gasteiger charge is -2.26. The third kappa shape index (κ3) is 2.79. The summed E-state index contributed by atoms with van der Waals surface area (Å²) in [6.07, 6.45) is 0.756. The van der Waals surface area contributed by atoms with E-state index in [4.69, 9.17) is 9.47 Å². The molecule has 2 aliphatic rings. The van der Waals surface area contributed by atoms with E-state index < -0.39 is 0 Å². The zero-order valence-corrected chi connectivity index (χ0v) is 15.1. The average Bonchev–Trinajstić information content (AvgIpc) is 2.73. The normalized spacial score (nSPS) is 15.4. The van der Waals surface area contributed by atoms with Gasteiger partial charge in [-0.25, -0.2) is 0 Å². The summed E-state index contributed by atoms with van der Waals surface area (Å²) < 4.78 is 12.1. The van der Waals surface area contributed by atoms with E-state index in [-0.39, 0.29) is 11.5 Å². The molecule has 4 nitrogen and oxygen atoms in total. The number of fused-ring (bicyclic) bond motifs is 2. The number of aliphatic hydroxyl groups is 2. The van der Waals surface area contributed by atoms with Crippen molar-refractivity contribution < 1.29 is 19.7 Å². The minimum atomic E-state index is 0.195. The van der Waals surface area contributed by atoms with Crippen LogP contribution in [0.25, 0.3) is 11.5 Å². The fourth-order valence-electron chi connectivity index (χ4n) is 3.61. The molecule has 0 fully saturated rings. The van der Waals surface area contributed by atoms with Crippen LogP contribution in [-0.4, -0.2) is 10.2 Å². The molecule has 0 unspecified atom stereocenters.